The number of hydrogen-bond donors (Lipinski definition) is 0. The molecule has 6 heteroatoms. The Balaban J connectivity index is 2.73. The fourth-order valence-electron chi connectivity index (χ4n) is 2.04. The summed E-state index contributed by atoms with van der Waals surface area (Å²) in [5.74, 6) is -3.30. The van der Waals surface area contributed by atoms with Crippen molar-refractivity contribution in [3.05, 3.63) is 60.7 Å². The molecule has 0 aromatic heterocycles. The van der Waals surface area contributed by atoms with E-state index < -0.39 is 23.9 Å². The van der Waals surface area contributed by atoms with Crippen molar-refractivity contribution < 1.29 is 28.7 Å². The van der Waals surface area contributed by atoms with E-state index in [4.69, 9.17) is 9.47 Å². The number of benzene rings is 1. The first kappa shape index (κ1) is 21.0. The van der Waals surface area contributed by atoms with Crippen molar-refractivity contribution >= 4 is 23.9 Å². The summed E-state index contributed by atoms with van der Waals surface area (Å²) < 4.78 is 9.48. The molecule has 0 aliphatic heterocycles. The molecule has 0 saturated carbocycles. The Morgan fingerprint density at radius 2 is 1.15 bits per heavy atom. The predicted octanol–water partition coefficient (Wildman–Crippen LogP) is 3.77. The Hall–Kier alpha value is -3.02. The summed E-state index contributed by atoms with van der Waals surface area (Å²) in [6.07, 6.45) is 5.72. The number of carbonyl (C=O) groups is 4. The standard InChI is InChI=1S/C20H22O6/c1-3-5-7-13-17(21)25-19(23)15-11-9-10-12-16(15)20(24)26-18(22)14-8-6-4-2/h3-4,9-12H,1-2,5-8,13-14H2. The normalized spacial score (nSPS) is 9.85. The van der Waals surface area contributed by atoms with Crippen molar-refractivity contribution in [1.82, 2.24) is 0 Å². The van der Waals surface area contributed by atoms with Crippen LogP contribution in [0.4, 0.5) is 0 Å². The largest absolute Gasteiger partial charge is 0.389 e. The fourth-order valence-corrected chi connectivity index (χ4v) is 2.04. The Kier molecular flexibility index (Phi) is 9.31. The van der Waals surface area contributed by atoms with Gasteiger partial charge in [-0.3, -0.25) is 9.59 Å². The zero-order chi connectivity index (χ0) is 19.4. The van der Waals surface area contributed by atoms with E-state index in [0.717, 1.165) is 0 Å². The minimum absolute atomic E-state index is 0.0617. The number of hydrogen-bond acceptors (Lipinski definition) is 6. The number of esters is 4. The topological polar surface area (TPSA) is 86.7 Å². The van der Waals surface area contributed by atoms with E-state index in [0.29, 0.717) is 25.7 Å². The van der Waals surface area contributed by atoms with Crippen LogP contribution in [0.1, 0.15) is 59.2 Å². The van der Waals surface area contributed by atoms with Gasteiger partial charge in [-0.05, 0) is 37.8 Å². The van der Waals surface area contributed by atoms with Crippen molar-refractivity contribution in [2.75, 3.05) is 0 Å². The molecular weight excluding hydrogens is 336 g/mol. The van der Waals surface area contributed by atoms with E-state index in [1.54, 1.807) is 12.2 Å². The molecule has 0 bridgehead atoms. The smallest absolute Gasteiger partial charge is 0.346 e. The average molecular weight is 358 g/mol. The molecule has 0 aliphatic carbocycles. The van der Waals surface area contributed by atoms with Gasteiger partial charge < -0.3 is 9.47 Å². The Bertz CT molecular complexity index is 630. The van der Waals surface area contributed by atoms with Gasteiger partial charge in [-0.15, -0.1) is 13.2 Å². The van der Waals surface area contributed by atoms with Crippen LogP contribution in [0.2, 0.25) is 0 Å². The third-order valence-corrected chi connectivity index (χ3v) is 3.36. The molecular formula is C20H22O6. The number of unbranched alkanes of at least 4 members (excludes halogenated alkanes) is 2. The molecule has 0 amide bonds. The molecule has 0 spiro atoms. The van der Waals surface area contributed by atoms with E-state index in [9.17, 15) is 19.2 Å². The SMILES string of the molecule is C=CCCCC(=O)OC(=O)c1ccccc1C(=O)OC(=O)CCCC=C. The zero-order valence-corrected chi connectivity index (χ0v) is 14.6. The summed E-state index contributed by atoms with van der Waals surface area (Å²) in [7, 11) is 0. The molecule has 0 aliphatic rings. The Labute approximate surface area is 152 Å². The van der Waals surface area contributed by atoms with Gasteiger partial charge in [-0.1, -0.05) is 24.3 Å². The summed E-state index contributed by atoms with van der Waals surface area (Å²) in [6, 6.07) is 5.69. The van der Waals surface area contributed by atoms with Gasteiger partial charge >= 0.3 is 23.9 Å². The maximum atomic E-state index is 12.1. The molecule has 0 N–H and O–H groups in total. The summed E-state index contributed by atoms with van der Waals surface area (Å²) in [5.41, 5.74) is -0.262. The molecule has 1 rings (SSSR count). The molecule has 0 radical (unpaired) electrons. The van der Waals surface area contributed by atoms with Gasteiger partial charge in [0.15, 0.2) is 0 Å². The first-order chi connectivity index (χ1) is 12.5. The van der Waals surface area contributed by atoms with Gasteiger partial charge in [0.1, 0.15) is 0 Å². The van der Waals surface area contributed by atoms with Crippen molar-refractivity contribution in [2.24, 2.45) is 0 Å². The highest BCUT2D eigenvalue weighted by Crippen LogP contribution is 2.14. The van der Waals surface area contributed by atoms with Crippen LogP contribution in [0, 0.1) is 0 Å². The lowest BCUT2D eigenvalue weighted by Gasteiger charge is -2.08. The van der Waals surface area contributed by atoms with Gasteiger partial charge in [0.05, 0.1) is 11.1 Å². The van der Waals surface area contributed by atoms with Gasteiger partial charge in [0.2, 0.25) is 0 Å². The lowest BCUT2D eigenvalue weighted by molar-refractivity contribution is -0.139. The van der Waals surface area contributed by atoms with Crippen molar-refractivity contribution in [2.45, 2.75) is 38.5 Å². The van der Waals surface area contributed by atoms with E-state index in [1.807, 2.05) is 0 Å². The van der Waals surface area contributed by atoms with Gasteiger partial charge in [-0.25, -0.2) is 9.59 Å². The van der Waals surface area contributed by atoms with Crippen LogP contribution in [0.3, 0.4) is 0 Å². The highest BCUT2D eigenvalue weighted by molar-refractivity contribution is 6.07. The summed E-state index contributed by atoms with van der Waals surface area (Å²) in [6.45, 7) is 7.08. The van der Waals surface area contributed by atoms with Gasteiger partial charge in [0.25, 0.3) is 0 Å². The highest BCUT2D eigenvalue weighted by atomic mass is 16.6. The Morgan fingerprint density at radius 1 is 0.769 bits per heavy atom. The predicted molar refractivity (Wildman–Crippen MR) is 95.4 cm³/mol. The maximum Gasteiger partial charge on any atom is 0.346 e. The second kappa shape index (κ2) is 11.5. The highest BCUT2D eigenvalue weighted by Gasteiger charge is 2.22. The van der Waals surface area contributed by atoms with Crippen LogP contribution in [0.25, 0.3) is 0 Å². The van der Waals surface area contributed by atoms with Gasteiger partial charge in [-0.2, -0.15) is 0 Å². The molecule has 1 aromatic carbocycles. The monoisotopic (exact) mass is 358 g/mol. The fraction of sp³-hybridized carbons (Fsp3) is 0.300. The first-order valence-corrected chi connectivity index (χ1v) is 8.30. The molecule has 0 atom stereocenters. The minimum Gasteiger partial charge on any atom is -0.389 e. The van der Waals surface area contributed by atoms with Crippen molar-refractivity contribution in [3.8, 4) is 0 Å². The van der Waals surface area contributed by atoms with Crippen LogP contribution in [0.5, 0.6) is 0 Å². The number of carbonyl (C=O) groups excluding carboxylic acids is 4. The summed E-state index contributed by atoms with van der Waals surface area (Å²) >= 11 is 0. The third kappa shape index (κ3) is 7.25. The summed E-state index contributed by atoms with van der Waals surface area (Å²) in [4.78, 5) is 47.6. The zero-order valence-electron chi connectivity index (χ0n) is 14.6. The van der Waals surface area contributed by atoms with Crippen LogP contribution in [-0.2, 0) is 19.1 Å². The third-order valence-electron chi connectivity index (χ3n) is 3.36. The average Bonchev–Trinajstić information content (AvgIpc) is 2.62. The van der Waals surface area contributed by atoms with Crippen molar-refractivity contribution in [3.63, 3.8) is 0 Å². The minimum atomic E-state index is -0.958. The van der Waals surface area contributed by atoms with E-state index in [-0.39, 0.29) is 24.0 Å². The quantitative estimate of drug-likeness (QED) is 0.274. The van der Waals surface area contributed by atoms with Crippen LogP contribution >= 0.6 is 0 Å². The van der Waals surface area contributed by atoms with Crippen LogP contribution < -0.4 is 0 Å². The molecule has 0 heterocycles. The molecule has 0 saturated heterocycles. The number of ether oxygens (including phenoxy) is 2. The van der Waals surface area contributed by atoms with E-state index in [1.165, 1.54) is 24.3 Å². The Morgan fingerprint density at radius 3 is 1.50 bits per heavy atom. The second-order valence-corrected chi connectivity index (χ2v) is 5.43. The molecule has 0 fully saturated rings. The molecule has 138 valence electrons. The van der Waals surface area contributed by atoms with Crippen LogP contribution in [-0.4, -0.2) is 23.9 Å². The van der Waals surface area contributed by atoms with E-state index >= 15 is 0 Å². The lowest BCUT2D eigenvalue weighted by Crippen LogP contribution is -2.19. The van der Waals surface area contributed by atoms with Crippen LogP contribution in [0.15, 0.2) is 49.6 Å². The first-order valence-electron chi connectivity index (χ1n) is 8.30. The maximum absolute atomic E-state index is 12.1. The lowest BCUT2D eigenvalue weighted by atomic mass is 10.1. The molecule has 6 nitrogen and oxygen atoms in total. The van der Waals surface area contributed by atoms with E-state index in [2.05, 4.69) is 13.2 Å². The molecule has 1 aromatic rings. The summed E-state index contributed by atoms with van der Waals surface area (Å²) in [5, 5.41) is 0. The van der Waals surface area contributed by atoms with Gasteiger partial charge in [0, 0.05) is 12.8 Å². The second-order valence-electron chi connectivity index (χ2n) is 5.43. The molecule has 26 heavy (non-hydrogen) atoms. The number of allylic oxidation sites excluding steroid dienone is 2. The molecule has 0 unspecified atom stereocenters. The number of rotatable bonds is 10. The van der Waals surface area contributed by atoms with Crippen molar-refractivity contribution in [1.29, 1.82) is 0 Å².